The molecule has 2 nitrogen and oxygen atoms in total. The number of thiophene rings is 1. The highest BCUT2D eigenvalue weighted by Gasteiger charge is 2.23. The third kappa shape index (κ3) is 4.67. The molecule has 0 saturated heterocycles. The molecular weight excluding hydrogens is 278 g/mol. The lowest BCUT2D eigenvalue weighted by atomic mass is 9.85. The quantitative estimate of drug-likeness (QED) is 0.834. The lowest BCUT2D eigenvalue weighted by Gasteiger charge is -2.31. The van der Waals surface area contributed by atoms with Crippen molar-refractivity contribution in [3.63, 3.8) is 0 Å². The highest BCUT2D eigenvalue weighted by Crippen LogP contribution is 2.28. The molecule has 0 amide bonds. The Bertz CT molecular complexity index is 542. The number of hydrogen-bond acceptors (Lipinski definition) is 3. The van der Waals surface area contributed by atoms with Gasteiger partial charge in [-0.2, -0.15) is 0 Å². The Balaban J connectivity index is 1.99. The van der Waals surface area contributed by atoms with Gasteiger partial charge in [-0.15, -0.1) is 11.3 Å². The summed E-state index contributed by atoms with van der Waals surface area (Å²) in [4.78, 5) is 2.64. The van der Waals surface area contributed by atoms with Crippen LogP contribution in [-0.4, -0.2) is 17.8 Å². The highest BCUT2D eigenvalue weighted by molar-refractivity contribution is 7.15. The third-order valence-electron chi connectivity index (χ3n) is 3.71. The normalized spacial score (nSPS) is 13.3. The minimum atomic E-state index is 0.155. The largest absolute Gasteiger partial charge is 0.396 e. The van der Waals surface area contributed by atoms with Gasteiger partial charge < -0.3 is 10.4 Å². The first kappa shape index (κ1) is 16.2. The maximum absolute atomic E-state index is 9.21. The molecule has 0 fully saturated rings. The molecule has 2 rings (SSSR count). The summed E-state index contributed by atoms with van der Waals surface area (Å²) in [7, 11) is 0. The van der Waals surface area contributed by atoms with Gasteiger partial charge in [0, 0.05) is 28.9 Å². The topological polar surface area (TPSA) is 32.3 Å². The van der Waals surface area contributed by atoms with Crippen molar-refractivity contribution in [3.05, 3.63) is 47.3 Å². The predicted molar refractivity (Wildman–Crippen MR) is 91.5 cm³/mol. The zero-order valence-electron chi connectivity index (χ0n) is 13.1. The molecule has 1 atom stereocenters. The number of aliphatic hydroxyl groups excluding tert-OH is 1. The van der Waals surface area contributed by atoms with Crippen LogP contribution in [-0.2, 0) is 6.54 Å². The highest BCUT2D eigenvalue weighted by atomic mass is 32.1. The van der Waals surface area contributed by atoms with Crippen LogP contribution in [0.3, 0.4) is 0 Å². The fourth-order valence-corrected chi connectivity index (χ4v) is 3.39. The molecule has 0 saturated carbocycles. The molecule has 0 aliphatic rings. The van der Waals surface area contributed by atoms with E-state index in [0.717, 1.165) is 13.0 Å². The number of rotatable bonds is 6. The molecule has 2 aromatic rings. The van der Waals surface area contributed by atoms with Gasteiger partial charge in [-0.25, -0.2) is 0 Å². The lowest BCUT2D eigenvalue weighted by Crippen LogP contribution is -2.40. The summed E-state index contributed by atoms with van der Waals surface area (Å²) < 4.78 is 0. The molecule has 3 heteroatoms. The van der Waals surface area contributed by atoms with Crippen molar-refractivity contribution >= 4 is 11.3 Å². The van der Waals surface area contributed by atoms with Gasteiger partial charge in [-0.3, -0.25) is 0 Å². The second-order valence-electron chi connectivity index (χ2n) is 6.44. The second kappa shape index (κ2) is 7.21. The Hall–Kier alpha value is -1.16. The van der Waals surface area contributed by atoms with Crippen molar-refractivity contribution in [3.8, 4) is 10.4 Å². The molecule has 1 aromatic heterocycles. The maximum atomic E-state index is 9.21. The Morgan fingerprint density at radius 2 is 1.81 bits per heavy atom. The Morgan fingerprint density at radius 3 is 2.43 bits per heavy atom. The van der Waals surface area contributed by atoms with Crippen LogP contribution >= 0.6 is 11.3 Å². The minimum absolute atomic E-state index is 0.155. The molecule has 1 heterocycles. The molecule has 0 spiro atoms. The number of hydrogen-bond donors (Lipinski definition) is 2. The van der Waals surface area contributed by atoms with Crippen LogP contribution in [0.25, 0.3) is 10.4 Å². The Morgan fingerprint density at radius 1 is 1.10 bits per heavy atom. The van der Waals surface area contributed by atoms with E-state index in [-0.39, 0.29) is 12.0 Å². The van der Waals surface area contributed by atoms with Crippen molar-refractivity contribution in [2.75, 3.05) is 6.61 Å². The van der Waals surface area contributed by atoms with Crippen LogP contribution in [0, 0.1) is 5.41 Å². The predicted octanol–water partition coefficient (Wildman–Crippen LogP) is 4.30. The summed E-state index contributed by atoms with van der Waals surface area (Å²) in [6.45, 7) is 7.73. The van der Waals surface area contributed by atoms with Gasteiger partial charge in [0.15, 0.2) is 0 Å². The first-order valence-corrected chi connectivity index (χ1v) is 8.31. The third-order valence-corrected chi connectivity index (χ3v) is 4.84. The van der Waals surface area contributed by atoms with E-state index in [9.17, 15) is 5.11 Å². The van der Waals surface area contributed by atoms with Crippen LogP contribution in [0.15, 0.2) is 42.5 Å². The van der Waals surface area contributed by atoms with Crippen molar-refractivity contribution in [1.82, 2.24) is 5.32 Å². The summed E-state index contributed by atoms with van der Waals surface area (Å²) in [5, 5.41) is 12.8. The molecule has 21 heavy (non-hydrogen) atoms. The van der Waals surface area contributed by atoms with E-state index in [1.165, 1.54) is 15.3 Å². The van der Waals surface area contributed by atoms with Crippen LogP contribution in [0.5, 0.6) is 0 Å². The minimum Gasteiger partial charge on any atom is -0.396 e. The number of benzene rings is 1. The van der Waals surface area contributed by atoms with E-state index in [4.69, 9.17) is 0 Å². The van der Waals surface area contributed by atoms with Gasteiger partial charge in [-0.05, 0) is 29.5 Å². The molecule has 0 radical (unpaired) electrons. The maximum Gasteiger partial charge on any atom is 0.0446 e. The first-order chi connectivity index (χ1) is 10.0. The average Bonchev–Trinajstić information content (AvgIpc) is 2.92. The van der Waals surface area contributed by atoms with Crippen LogP contribution in [0.2, 0.25) is 0 Å². The zero-order chi connectivity index (χ0) is 15.3. The smallest absolute Gasteiger partial charge is 0.0446 e. The van der Waals surface area contributed by atoms with E-state index < -0.39 is 0 Å². The molecular formula is C18H25NOS. The summed E-state index contributed by atoms with van der Waals surface area (Å²) in [6, 6.07) is 15.2. The van der Waals surface area contributed by atoms with E-state index in [2.05, 4.69) is 62.5 Å². The van der Waals surface area contributed by atoms with Gasteiger partial charge in [0.1, 0.15) is 0 Å². The van der Waals surface area contributed by atoms with Crippen molar-refractivity contribution in [2.45, 2.75) is 39.8 Å². The summed E-state index contributed by atoms with van der Waals surface area (Å²) in [5.74, 6) is 0. The van der Waals surface area contributed by atoms with Gasteiger partial charge in [0.25, 0.3) is 0 Å². The van der Waals surface area contributed by atoms with Crippen LogP contribution in [0.4, 0.5) is 0 Å². The molecule has 0 bridgehead atoms. The van der Waals surface area contributed by atoms with E-state index in [0.29, 0.717) is 6.04 Å². The van der Waals surface area contributed by atoms with E-state index in [1.54, 1.807) is 0 Å². The van der Waals surface area contributed by atoms with Crippen molar-refractivity contribution < 1.29 is 5.11 Å². The molecule has 0 aliphatic heterocycles. The molecule has 0 aliphatic carbocycles. The Kier molecular flexibility index (Phi) is 5.57. The lowest BCUT2D eigenvalue weighted by molar-refractivity contribution is 0.197. The van der Waals surface area contributed by atoms with E-state index in [1.807, 2.05) is 17.4 Å². The van der Waals surface area contributed by atoms with Crippen molar-refractivity contribution in [2.24, 2.45) is 5.41 Å². The number of nitrogens with one attached hydrogen (secondary N) is 1. The van der Waals surface area contributed by atoms with Gasteiger partial charge in [-0.1, -0.05) is 51.1 Å². The van der Waals surface area contributed by atoms with E-state index >= 15 is 0 Å². The van der Waals surface area contributed by atoms with Crippen LogP contribution < -0.4 is 5.32 Å². The molecule has 1 unspecified atom stereocenters. The summed E-state index contributed by atoms with van der Waals surface area (Å²) in [5.41, 5.74) is 1.43. The fraction of sp³-hybridized carbons (Fsp3) is 0.444. The van der Waals surface area contributed by atoms with Gasteiger partial charge >= 0.3 is 0 Å². The summed E-state index contributed by atoms with van der Waals surface area (Å²) >= 11 is 1.83. The SMILES string of the molecule is CC(C)(C)C(CCO)NCc1ccc(-c2ccccc2)s1. The summed E-state index contributed by atoms with van der Waals surface area (Å²) in [6.07, 6.45) is 0.792. The Labute approximate surface area is 131 Å². The monoisotopic (exact) mass is 303 g/mol. The first-order valence-electron chi connectivity index (χ1n) is 7.49. The van der Waals surface area contributed by atoms with Gasteiger partial charge in [0.2, 0.25) is 0 Å². The van der Waals surface area contributed by atoms with Gasteiger partial charge in [0.05, 0.1) is 0 Å². The molecule has 2 N–H and O–H groups in total. The average molecular weight is 303 g/mol. The molecule has 114 valence electrons. The zero-order valence-corrected chi connectivity index (χ0v) is 13.9. The van der Waals surface area contributed by atoms with Crippen molar-refractivity contribution in [1.29, 1.82) is 0 Å². The second-order valence-corrected chi connectivity index (χ2v) is 7.61. The number of aliphatic hydroxyl groups is 1. The standard InChI is InChI=1S/C18H25NOS/c1-18(2,3)17(11-12-20)19-13-15-9-10-16(21-15)14-7-5-4-6-8-14/h4-10,17,19-20H,11-13H2,1-3H3. The molecule has 1 aromatic carbocycles. The fourth-order valence-electron chi connectivity index (χ4n) is 2.42. The van der Waals surface area contributed by atoms with Crippen LogP contribution in [0.1, 0.15) is 32.1 Å².